The Morgan fingerprint density at radius 3 is 2.24 bits per heavy atom. The molecule has 0 unspecified atom stereocenters. The lowest BCUT2D eigenvalue weighted by Gasteiger charge is -2.15. The first-order valence-electron chi connectivity index (χ1n) is 7.56. The van der Waals surface area contributed by atoms with Gasteiger partial charge in [0.25, 0.3) is 5.91 Å². The van der Waals surface area contributed by atoms with Gasteiger partial charge < -0.3 is 10.4 Å². The minimum atomic E-state index is -0.968. The number of hydrogen-bond acceptors (Lipinski definition) is 2. The van der Waals surface area contributed by atoms with Gasteiger partial charge in [0.1, 0.15) is 6.04 Å². The Bertz CT molecular complexity index is 477. The number of rotatable bonds is 8. The molecule has 0 aliphatic heterocycles. The smallest absolute Gasteiger partial charge is 0.326 e. The van der Waals surface area contributed by atoms with Crippen LogP contribution in [0.15, 0.2) is 18.2 Å². The first-order valence-corrected chi connectivity index (χ1v) is 7.56. The third kappa shape index (κ3) is 5.98. The number of amides is 1. The Labute approximate surface area is 126 Å². The molecule has 0 saturated heterocycles. The summed E-state index contributed by atoms with van der Waals surface area (Å²) in [4.78, 5) is 23.4. The van der Waals surface area contributed by atoms with Crippen molar-refractivity contribution in [3.05, 3.63) is 34.9 Å². The lowest BCUT2D eigenvalue weighted by atomic mass is 10.0. The predicted octanol–water partition coefficient (Wildman–Crippen LogP) is 3.46. The van der Waals surface area contributed by atoms with Gasteiger partial charge in [-0.1, -0.05) is 49.8 Å². The summed E-state index contributed by atoms with van der Waals surface area (Å²) >= 11 is 0. The summed E-state index contributed by atoms with van der Waals surface area (Å²) in [5.41, 5.74) is 2.51. The second-order valence-electron chi connectivity index (χ2n) is 5.59. The summed E-state index contributed by atoms with van der Waals surface area (Å²) in [6.07, 6.45) is 4.49. The molecular weight excluding hydrogens is 266 g/mol. The zero-order chi connectivity index (χ0) is 15.8. The number of aryl methyl sites for hydroxylation is 2. The third-order valence-electron chi connectivity index (χ3n) is 3.43. The second kappa shape index (κ2) is 8.45. The number of carbonyl (C=O) groups excluding carboxylic acids is 1. The quantitative estimate of drug-likeness (QED) is 0.721. The van der Waals surface area contributed by atoms with Crippen LogP contribution in [0.3, 0.4) is 0 Å². The van der Waals surface area contributed by atoms with Crippen molar-refractivity contribution >= 4 is 11.9 Å². The number of nitrogens with one attached hydrogen (secondary N) is 1. The monoisotopic (exact) mass is 291 g/mol. The number of unbranched alkanes of at least 4 members (excludes halogenated alkanes) is 3. The van der Waals surface area contributed by atoms with E-state index in [1.54, 1.807) is 12.1 Å². The molecule has 0 spiro atoms. The molecule has 1 rings (SSSR count). The summed E-state index contributed by atoms with van der Waals surface area (Å²) in [6, 6.07) is 4.72. The van der Waals surface area contributed by atoms with Crippen molar-refractivity contribution in [1.29, 1.82) is 0 Å². The van der Waals surface area contributed by atoms with Gasteiger partial charge in [0.05, 0.1) is 0 Å². The molecular formula is C17H25NO3. The average Bonchev–Trinajstić information content (AvgIpc) is 2.40. The van der Waals surface area contributed by atoms with Gasteiger partial charge in [-0.3, -0.25) is 4.79 Å². The van der Waals surface area contributed by atoms with Crippen molar-refractivity contribution < 1.29 is 14.7 Å². The Hall–Kier alpha value is -1.84. The second-order valence-corrected chi connectivity index (χ2v) is 5.59. The minimum absolute atomic E-state index is 0.315. The van der Waals surface area contributed by atoms with Crippen molar-refractivity contribution in [2.75, 3.05) is 0 Å². The van der Waals surface area contributed by atoms with Crippen molar-refractivity contribution in [2.24, 2.45) is 0 Å². The highest BCUT2D eigenvalue weighted by Crippen LogP contribution is 2.11. The topological polar surface area (TPSA) is 66.4 Å². The SMILES string of the molecule is CCCCCC[C@@H](NC(=O)c1cc(C)cc(C)c1)C(=O)O. The van der Waals surface area contributed by atoms with Gasteiger partial charge in [-0.15, -0.1) is 0 Å². The number of carboxylic acids is 1. The Kier molecular flexibility index (Phi) is 6.92. The number of hydrogen-bond donors (Lipinski definition) is 2. The van der Waals surface area contributed by atoms with Gasteiger partial charge in [-0.2, -0.15) is 0 Å². The highest BCUT2D eigenvalue weighted by molar-refractivity contribution is 5.96. The molecule has 1 amide bonds. The van der Waals surface area contributed by atoms with E-state index in [4.69, 9.17) is 0 Å². The number of carbonyl (C=O) groups is 2. The largest absolute Gasteiger partial charge is 0.480 e. The maximum Gasteiger partial charge on any atom is 0.326 e. The molecule has 4 nitrogen and oxygen atoms in total. The molecule has 0 aromatic heterocycles. The van der Waals surface area contributed by atoms with Crippen molar-refractivity contribution in [3.8, 4) is 0 Å². The Morgan fingerprint density at radius 2 is 1.71 bits per heavy atom. The van der Waals surface area contributed by atoms with Crippen LogP contribution in [0.5, 0.6) is 0 Å². The van der Waals surface area contributed by atoms with Crippen LogP contribution >= 0.6 is 0 Å². The average molecular weight is 291 g/mol. The highest BCUT2D eigenvalue weighted by Gasteiger charge is 2.20. The Balaban J connectivity index is 2.65. The third-order valence-corrected chi connectivity index (χ3v) is 3.43. The molecule has 116 valence electrons. The number of benzene rings is 1. The lowest BCUT2D eigenvalue weighted by molar-refractivity contribution is -0.139. The van der Waals surface area contributed by atoms with Crippen LogP contribution in [0.25, 0.3) is 0 Å². The summed E-state index contributed by atoms with van der Waals surface area (Å²) in [7, 11) is 0. The molecule has 1 atom stereocenters. The van der Waals surface area contributed by atoms with E-state index in [-0.39, 0.29) is 5.91 Å². The van der Waals surface area contributed by atoms with Crippen molar-refractivity contribution in [2.45, 2.75) is 58.9 Å². The summed E-state index contributed by atoms with van der Waals surface area (Å²) in [5, 5.41) is 11.8. The molecule has 0 aliphatic rings. The first-order chi connectivity index (χ1) is 9.93. The molecule has 0 aliphatic carbocycles. The predicted molar refractivity (Wildman–Crippen MR) is 83.6 cm³/mol. The van der Waals surface area contributed by atoms with Gasteiger partial charge in [-0.25, -0.2) is 4.79 Å². The van der Waals surface area contributed by atoms with Crippen LogP contribution in [0, 0.1) is 13.8 Å². The first kappa shape index (κ1) is 17.2. The van der Waals surface area contributed by atoms with E-state index >= 15 is 0 Å². The van der Waals surface area contributed by atoms with Crippen LogP contribution in [-0.4, -0.2) is 23.0 Å². The molecule has 0 radical (unpaired) electrons. The molecule has 0 heterocycles. The molecule has 0 saturated carbocycles. The van der Waals surface area contributed by atoms with Gasteiger partial charge in [0.2, 0.25) is 0 Å². The number of carboxylic acid groups (broad SMARTS) is 1. The van der Waals surface area contributed by atoms with E-state index in [2.05, 4.69) is 12.2 Å². The van der Waals surface area contributed by atoms with E-state index < -0.39 is 12.0 Å². The van der Waals surface area contributed by atoms with E-state index in [1.165, 1.54) is 0 Å². The fraction of sp³-hybridized carbons (Fsp3) is 0.529. The maximum atomic E-state index is 12.2. The van der Waals surface area contributed by atoms with Gasteiger partial charge in [0, 0.05) is 5.56 Å². The standard InChI is InChI=1S/C17H25NO3/c1-4-5-6-7-8-15(17(20)21)18-16(19)14-10-12(2)9-13(3)11-14/h9-11,15H,4-8H2,1-3H3,(H,18,19)(H,20,21)/t15-/m1/s1. The molecule has 2 N–H and O–H groups in total. The summed E-state index contributed by atoms with van der Waals surface area (Å²) in [6.45, 7) is 5.95. The van der Waals surface area contributed by atoms with Crippen LogP contribution in [0.2, 0.25) is 0 Å². The van der Waals surface area contributed by atoms with Gasteiger partial charge >= 0.3 is 5.97 Å². The van der Waals surface area contributed by atoms with Crippen molar-refractivity contribution in [1.82, 2.24) is 5.32 Å². The zero-order valence-electron chi connectivity index (χ0n) is 13.1. The van der Waals surface area contributed by atoms with E-state index in [0.717, 1.165) is 36.8 Å². The maximum absolute atomic E-state index is 12.2. The van der Waals surface area contributed by atoms with E-state index in [0.29, 0.717) is 12.0 Å². The molecule has 0 bridgehead atoms. The summed E-state index contributed by atoms with van der Waals surface area (Å²) in [5.74, 6) is -1.28. The zero-order valence-corrected chi connectivity index (χ0v) is 13.1. The fourth-order valence-electron chi connectivity index (χ4n) is 2.38. The van der Waals surface area contributed by atoms with E-state index in [9.17, 15) is 14.7 Å². The Morgan fingerprint density at radius 1 is 1.10 bits per heavy atom. The van der Waals surface area contributed by atoms with Crippen LogP contribution in [0.1, 0.15) is 60.5 Å². The highest BCUT2D eigenvalue weighted by atomic mass is 16.4. The van der Waals surface area contributed by atoms with Crippen LogP contribution < -0.4 is 5.32 Å². The van der Waals surface area contributed by atoms with Gasteiger partial charge in [-0.05, 0) is 32.4 Å². The normalized spacial score (nSPS) is 12.0. The molecule has 21 heavy (non-hydrogen) atoms. The van der Waals surface area contributed by atoms with Crippen LogP contribution in [-0.2, 0) is 4.79 Å². The van der Waals surface area contributed by atoms with Crippen molar-refractivity contribution in [3.63, 3.8) is 0 Å². The number of aliphatic carboxylic acids is 1. The molecule has 1 aromatic carbocycles. The fourth-order valence-corrected chi connectivity index (χ4v) is 2.38. The summed E-state index contributed by atoms with van der Waals surface area (Å²) < 4.78 is 0. The van der Waals surface area contributed by atoms with Gasteiger partial charge in [0.15, 0.2) is 0 Å². The molecule has 0 fully saturated rings. The minimum Gasteiger partial charge on any atom is -0.480 e. The lowest BCUT2D eigenvalue weighted by Crippen LogP contribution is -2.40. The molecule has 4 heteroatoms. The van der Waals surface area contributed by atoms with E-state index in [1.807, 2.05) is 19.9 Å². The van der Waals surface area contributed by atoms with Crippen LogP contribution in [0.4, 0.5) is 0 Å². The molecule has 1 aromatic rings.